The Morgan fingerprint density at radius 2 is 0.432 bits per heavy atom. The van der Waals surface area contributed by atoms with Crippen LogP contribution in [0.3, 0.4) is 0 Å². The van der Waals surface area contributed by atoms with Gasteiger partial charge in [0.2, 0.25) is 0 Å². The number of hydrogen-bond donors (Lipinski definition) is 0. The van der Waals surface area contributed by atoms with E-state index >= 15 is 0 Å². The molecular weight excluding hydrogens is 1460 g/mol. The number of rotatable bonds is 15. The monoisotopic (exact) mass is 1530 g/mol. The SMILES string of the molecule is Cc1ccc(-c2ccc(-c3nc(-c4ccc(-c5ccccc5)cc4)nc(-c4ccc(-c5ccccc5)cc4)n3)cc2)cc1.Cc1ccc(-c2nc(-c3ccccn3)cc(-c3ccccn3)n2)nc1.Cc1ccc(-c2nc(-c3cncnc3)cc(-c3cncnc3)n2)cc1.Cc1ccc(-c2nc(-c3ncccn3)cc(-c3ncccn3)n2)cc1. The van der Waals surface area contributed by atoms with Crippen LogP contribution in [-0.4, -0.2) is 99.7 Å². The lowest BCUT2D eigenvalue weighted by Crippen LogP contribution is -2.00. The number of aromatic nitrogens is 20. The Hall–Kier alpha value is -16.2. The lowest BCUT2D eigenvalue weighted by Gasteiger charge is -2.10. The average molecular weight is 1530 g/mol. The molecule has 19 rings (SSSR count). The molecule has 8 aromatic carbocycles. The second-order valence-electron chi connectivity index (χ2n) is 27.3. The molecule has 0 fully saturated rings. The Morgan fingerprint density at radius 3 is 0.780 bits per heavy atom. The zero-order chi connectivity index (χ0) is 80.2. The molecule has 0 atom stereocenters. The highest BCUT2D eigenvalue weighted by Gasteiger charge is 2.19. The van der Waals surface area contributed by atoms with Crippen molar-refractivity contribution in [3.63, 3.8) is 0 Å². The van der Waals surface area contributed by atoms with Gasteiger partial charge in [-0.15, -0.1) is 0 Å². The molecule has 0 amide bonds. The molecule has 0 saturated carbocycles. The van der Waals surface area contributed by atoms with E-state index < -0.39 is 0 Å². The van der Waals surface area contributed by atoms with Crippen LogP contribution in [0, 0.1) is 27.7 Å². The highest BCUT2D eigenvalue weighted by Crippen LogP contribution is 2.34. The maximum atomic E-state index is 4.96. The first-order chi connectivity index (χ1) is 58.1. The lowest BCUT2D eigenvalue weighted by molar-refractivity contribution is 1.07. The van der Waals surface area contributed by atoms with E-state index in [0.29, 0.717) is 58.0 Å². The van der Waals surface area contributed by atoms with Gasteiger partial charge in [0.25, 0.3) is 0 Å². The molecule has 11 aromatic heterocycles. The molecular formula is C98H72N20. The molecule has 564 valence electrons. The molecule has 0 unspecified atom stereocenters. The summed E-state index contributed by atoms with van der Waals surface area (Å²) in [5, 5.41) is 0. The number of nitrogens with zero attached hydrogens (tertiary/aromatic N) is 20. The summed E-state index contributed by atoms with van der Waals surface area (Å²) in [4.78, 5) is 89.6. The fraction of sp³-hybridized carbons (Fsp3) is 0.0408. The highest BCUT2D eigenvalue weighted by molar-refractivity contribution is 5.76. The van der Waals surface area contributed by atoms with Gasteiger partial charge < -0.3 is 0 Å². The quantitative estimate of drug-likeness (QED) is 0.0924. The molecule has 0 bridgehead atoms. The minimum Gasteiger partial charge on any atom is -0.255 e. The number of pyridine rings is 3. The van der Waals surface area contributed by atoms with E-state index in [9.17, 15) is 0 Å². The van der Waals surface area contributed by atoms with Gasteiger partial charge in [0, 0.05) is 107 Å². The summed E-state index contributed by atoms with van der Waals surface area (Å²) in [6.07, 6.45) is 22.0. The summed E-state index contributed by atoms with van der Waals surface area (Å²) in [5.41, 5.74) is 24.6. The van der Waals surface area contributed by atoms with Crippen LogP contribution in [0.4, 0.5) is 0 Å². The van der Waals surface area contributed by atoms with Crippen LogP contribution in [0.5, 0.6) is 0 Å². The van der Waals surface area contributed by atoms with Crippen molar-refractivity contribution >= 4 is 0 Å². The van der Waals surface area contributed by atoms with Crippen LogP contribution in [-0.2, 0) is 0 Å². The lowest BCUT2D eigenvalue weighted by atomic mass is 10.0. The molecule has 0 radical (unpaired) electrons. The first kappa shape index (κ1) is 75.8. The molecule has 19 aromatic rings. The third-order valence-corrected chi connectivity index (χ3v) is 18.8. The minimum absolute atomic E-state index is 0.537. The Kier molecular flexibility index (Phi) is 23.5. The van der Waals surface area contributed by atoms with Gasteiger partial charge in [-0.1, -0.05) is 241 Å². The van der Waals surface area contributed by atoms with Gasteiger partial charge in [-0.3, -0.25) is 15.0 Å². The number of aryl methyl sites for hydroxylation is 4. The van der Waals surface area contributed by atoms with Crippen molar-refractivity contribution in [2.75, 3.05) is 0 Å². The van der Waals surface area contributed by atoms with Gasteiger partial charge in [-0.2, -0.15) is 0 Å². The Balaban J connectivity index is 0.000000122. The van der Waals surface area contributed by atoms with Crippen LogP contribution in [0.2, 0.25) is 0 Å². The van der Waals surface area contributed by atoms with Gasteiger partial charge in [-0.05, 0) is 127 Å². The largest absolute Gasteiger partial charge is 0.255 e. The van der Waals surface area contributed by atoms with Gasteiger partial charge in [-0.25, -0.2) is 84.7 Å². The fourth-order valence-corrected chi connectivity index (χ4v) is 12.5. The van der Waals surface area contributed by atoms with E-state index in [1.54, 1.807) is 74.1 Å². The summed E-state index contributed by atoms with van der Waals surface area (Å²) in [5.74, 6) is 4.81. The molecule has 0 N–H and O–H groups in total. The average Bonchev–Trinajstić information content (AvgIpc) is 0.851. The van der Waals surface area contributed by atoms with Crippen LogP contribution < -0.4 is 0 Å². The summed E-state index contributed by atoms with van der Waals surface area (Å²) >= 11 is 0. The molecule has 0 saturated heterocycles. The smallest absolute Gasteiger partial charge is 0.179 e. The number of benzene rings is 8. The molecule has 20 heteroatoms. The Morgan fingerprint density at radius 1 is 0.153 bits per heavy atom. The standard InChI is InChI=1S/C40H29N3.C20H15N5.2C19H14N6/c1-28-12-14-31(15-13-28)34-20-26-37(27-21-34)40-42-38(35-22-16-32(17-23-35)29-8-4-2-5-9-29)41-39(43-40)36-24-18-33(19-25-36)30-10-6-3-7-11-30;1-14-8-9-17(23-13-14)20-24-18(15-6-2-4-10-21-15)12-19(25-20)16-7-3-5-11-22-16;1-13-4-6-14(7-5-13)17-24-15(18-20-8-2-9-21-18)12-16(25-17)19-22-10-3-11-23-19;1-13-2-4-14(5-3-13)19-24-17(15-7-20-11-21-8-15)6-18(25-19)16-9-22-12-23-10-16/h2-27H,1H3;2-13H,1H3;2*2-12H,1H3. The highest BCUT2D eigenvalue weighted by atomic mass is 15.0. The molecule has 0 aliphatic carbocycles. The van der Waals surface area contributed by atoms with Crippen molar-refractivity contribution in [3.05, 3.63) is 388 Å². The van der Waals surface area contributed by atoms with E-state index in [4.69, 9.17) is 24.9 Å². The van der Waals surface area contributed by atoms with Crippen molar-refractivity contribution in [2.45, 2.75) is 27.7 Å². The molecule has 0 aliphatic heterocycles. The third-order valence-electron chi connectivity index (χ3n) is 18.8. The summed E-state index contributed by atoms with van der Waals surface area (Å²) in [7, 11) is 0. The summed E-state index contributed by atoms with van der Waals surface area (Å²) in [6, 6.07) is 95.4. The maximum absolute atomic E-state index is 4.96. The van der Waals surface area contributed by atoms with Crippen molar-refractivity contribution in [2.24, 2.45) is 0 Å². The Labute approximate surface area is 681 Å². The second kappa shape index (κ2) is 36.5. The first-order valence-electron chi connectivity index (χ1n) is 38.0. The van der Waals surface area contributed by atoms with E-state index in [-0.39, 0.29) is 0 Å². The summed E-state index contributed by atoms with van der Waals surface area (Å²) < 4.78 is 0. The third kappa shape index (κ3) is 19.1. The summed E-state index contributed by atoms with van der Waals surface area (Å²) in [6.45, 7) is 8.20. The van der Waals surface area contributed by atoms with E-state index in [1.807, 2.05) is 147 Å². The van der Waals surface area contributed by atoms with Crippen LogP contribution in [0.15, 0.2) is 366 Å². The zero-order valence-electron chi connectivity index (χ0n) is 64.6. The van der Waals surface area contributed by atoms with Gasteiger partial charge in [0.15, 0.2) is 46.6 Å². The first-order valence-corrected chi connectivity index (χ1v) is 38.0. The van der Waals surface area contributed by atoms with E-state index in [1.165, 1.54) is 46.0 Å². The maximum Gasteiger partial charge on any atom is 0.179 e. The van der Waals surface area contributed by atoms with Crippen LogP contribution in [0.1, 0.15) is 22.3 Å². The Bertz CT molecular complexity index is 5810. The molecule has 20 nitrogen and oxygen atoms in total. The molecule has 0 aliphatic rings. The van der Waals surface area contributed by atoms with Gasteiger partial charge >= 0.3 is 0 Å². The zero-order valence-corrected chi connectivity index (χ0v) is 64.6. The normalized spacial score (nSPS) is 10.7. The fourth-order valence-electron chi connectivity index (χ4n) is 12.5. The molecule has 0 spiro atoms. The topological polar surface area (TPSA) is 258 Å². The molecule has 11 heterocycles. The van der Waals surface area contributed by atoms with Crippen molar-refractivity contribution < 1.29 is 0 Å². The second-order valence-corrected chi connectivity index (χ2v) is 27.3. The van der Waals surface area contributed by atoms with Crippen molar-refractivity contribution in [3.8, 4) is 170 Å². The number of hydrogen-bond acceptors (Lipinski definition) is 20. The predicted octanol–water partition coefficient (Wildman–Crippen LogP) is 20.9. The van der Waals surface area contributed by atoms with Gasteiger partial charge in [0.1, 0.15) is 29.7 Å². The van der Waals surface area contributed by atoms with E-state index in [0.717, 1.165) is 101 Å². The van der Waals surface area contributed by atoms with Crippen molar-refractivity contribution in [1.82, 2.24) is 99.7 Å². The van der Waals surface area contributed by atoms with Crippen LogP contribution >= 0.6 is 0 Å². The van der Waals surface area contributed by atoms with E-state index in [2.05, 4.69) is 234 Å². The predicted molar refractivity (Wildman–Crippen MR) is 462 cm³/mol. The molecule has 118 heavy (non-hydrogen) atoms. The van der Waals surface area contributed by atoms with Crippen molar-refractivity contribution in [1.29, 1.82) is 0 Å². The minimum atomic E-state index is 0.537. The van der Waals surface area contributed by atoms with Crippen LogP contribution in [0.25, 0.3) is 170 Å². The van der Waals surface area contributed by atoms with Gasteiger partial charge in [0.05, 0.1) is 34.2 Å².